The molecule has 3 aliphatic heterocycles. The number of carbonyl (C=O) groups is 2. The number of carbonyl (C=O) groups excluding carboxylic acids is 1. The number of carboxylic acids is 1. The quantitative estimate of drug-likeness (QED) is 0.433. The minimum atomic E-state index is -0.863. The molecule has 1 saturated heterocycles. The molecule has 1 amide bonds. The predicted octanol–water partition coefficient (Wildman–Crippen LogP) is 3.94. The lowest BCUT2D eigenvalue weighted by Crippen LogP contribution is -2.45. The largest absolute Gasteiger partial charge is 0.481 e. The highest BCUT2D eigenvalue weighted by molar-refractivity contribution is 5.79. The number of aliphatic carboxylic acids is 1. The Balaban J connectivity index is 1.55. The van der Waals surface area contributed by atoms with Crippen LogP contribution in [0.25, 0.3) is 0 Å². The third kappa shape index (κ3) is 6.06. The van der Waals surface area contributed by atoms with Gasteiger partial charge in [0.1, 0.15) is 12.5 Å². The van der Waals surface area contributed by atoms with Crippen LogP contribution in [0.1, 0.15) is 63.9 Å². The van der Waals surface area contributed by atoms with E-state index in [0.29, 0.717) is 30.9 Å². The molecular weight excluding hydrogens is 464 g/mol. The number of rotatable bonds is 13. The number of likely N-dealkylation sites (tertiary alicyclic amines) is 1. The summed E-state index contributed by atoms with van der Waals surface area (Å²) in [5, 5.41) is 10.3. The standard InChI is InChI=1S/C27H38N2O7/c1-3-5-11-28(12-6-4-2)24(30)17-29-16-20(19-7-9-22-23(15-19)36-18-35-22)26(27(31)32)21(29)8-10-25-33-13-14-34-25/h7,9,13-15,20-21,25-26H,3-6,8,10-12,16-18H2,1-2H3,(H,31,32)/t20?,21-,26+/m1/s1. The van der Waals surface area contributed by atoms with Crippen molar-refractivity contribution in [2.24, 2.45) is 5.92 Å². The Morgan fingerprint density at radius 3 is 2.39 bits per heavy atom. The van der Waals surface area contributed by atoms with E-state index in [9.17, 15) is 14.7 Å². The summed E-state index contributed by atoms with van der Waals surface area (Å²) in [6.45, 7) is 6.55. The van der Waals surface area contributed by atoms with Crippen LogP contribution in [-0.4, -0.2) is 72.1 Å². The summed E-state index contributed by atoms with van der Waals surface area (Å²) in [5.41, 5.74) is 0.885. The number of benzene rings is 1. The lowest BCUT2D eigenvalue weighted by molar-refractivity contribution is -0.144. The number of unbranched alkanes of at least 4 members (excludes halogenated alkanes) is 2. The highest BCUT2D eigenvalue weighted by atomic mass is 16.7. The average molecular weight is 503 g/mol. The second kappa shape index (κ2) is 12.3. The molecule has 4 rings (SSSR count). The van der Waals surface area contributed by atoms with Gasteiger partial charge in [-0.15, -0.1) is 0 Å². The Kier molecular flexibility index (Phi) is 8.96. The molecule has 0 aliphatic carbocycles. The van der Waals surface area contributed by atoms with Crippen molar-refractivity contribution in [3.63, 3.8) is 0 Å². The number of hydrogen-bond acceptors (Lipinski definition) is 7. The molecule has 3 heterocycles. The van der Waals surface area contributed by atoms with Gasteiger partial charge < -0.3 is 29.0 Å². The van der Waals surface area contributed by atoms with Crippen molar-refractivity contribution in [2.45, 2.75) is 70.6 Å². The zero-order valence-electron chi connectivity index (χ0n) is 21.3. The summed E-state index contributed by atoms with van der Waals surface area (Å²) in [6.07, 6.45) is 7.62. The van der Waals surface area contributed by atoms with Crippen LogP contribution in [0.4, 0.5) is 0 Å². The predicted molar refractivity (Wildman–Crippen MR) is 133 cm³/mol. The fraction of sp³-hybridized carbons (Fsp3) is 0.630. The molecular formula is C27H38N2O7. The minimum Gasteiger partial charge on any atom is -0.481 e. The summed E-state index contributed by atoms with van der Waals surface area (Å²) in [4.78, 5) is 30.1. The molecule has 0 bridgehead atoms. The van der Waals surface area contributed by atoms with Crippen LogP contribution in [0.15, 0.2) is 30.7 Å². The van der Waals surface area contributed by atoms with Crippen LogP contribution >= 0.6 is 0 Å². The molecule has 9 nitrogen and oxygen atoms in total. The van der Waals surface area contributed by atoms with Gasteiger partial charge in [0, 0.05) is 38.0 Å². The second-order valence-electron chi connectivity index (χ2n) is 9.72. The van der Waals surface area contributed by atoms with Gasteiger partial charge in [0.2, 0.25) is 19.0 Å². The Hall–Kier alpha value is -2.94. The fourth-order valence-electron chi connectivity index (χ4n) is 5.38. The molecule has 0 radical (unpaired) electrons. The van der Waals surface area contributed by atoms with E-state index in [1.807, 2.05) is 23.1 Å². The first-order valence-corrected chi connectivity index (χ1v) is 13.1. The average Bonchev–Trinajstić information content (AvgIpc) is 3.62. The van der Waals surface area contributed by atoms with Crippen LogP contribution in [0.5, 0.6) is 11.5 Å². The monoisotopic (exact) mass is 502 g/mol. The van der Waals surface area contributed by atoms with Gasteiger partial charge in [0.05, 0.1) is 12.5 Å². The van der Waals surface area contributed by atoms with E-state index >= 15 is 0 Å². The van der Waals surface area contributed by atoms with E-state index in [1.54, 1.807) is 0 Å². The van der Waals surface area contributed by atoms with Gasteiger partial charge in [0.25, 0.3) is 0 Å². The lowest BCUT2D eigenvalue weighted by atomic mass is 9.83. The van der Waals surface area contributed by atoms with Gasteiger partial charge in [-0.05, 0) is 37.0 Å². The summed E-state index contributed by atoms with van der Waals surface area (Å²) in [7, 11) is 0. The van der Waals surface area contributed by atoms with Gasteiger partial charge in [-0.3, -0.25) is 14.5 Å². The third-order valence-corrected chi connectivity index (χ3v) is 7.33. The van der Waals surface area contributed by atoms with Crippen LogP contribution in [0.2, 0.25) is 0 Å². The summed E-state index contributed by atoms with van der Waals surface area (Å²) in [6, 6.07) is 5.31. The van der Waals surface area contributed by atoms with E-state index in [1.165, 1.54) is 12.5 Å². The molecule has 3 aliphatic rings. The zero-order chi connectivity index (χ0) is 25.5. The SMILES string of the molecule is CCCCN(CCCC)C(=O)CN1CC(c2ccc3c(c2)OCO3)[C@H](C(=O)O)[C@H]1CCC1OC=CO1. The van der Waals surface area contributed by atoms with Crippen molar-refractivity contribution in [2.75, 3.05) is 33.0 Å². The zero-order valence-corrected chi connectivity index (χ0v) is 21.3. The topological polar surface area (TPSA) is 97.8 Å². The highest BCUT2D eigenvalue weighted by Crippen LogP contribution is 2.43. The molecule has 0 spiro atoms. The molecule has 198 valence electrons. The molecule has 1 fully saturated rings. The van der Waals surface area contributed by atoms with Crippen molar-refractivity contribution in [3.05, 3.63) is 36.3 Å². The summed E-state index contributed by atoms with van der Waals surface area (Å²) in [5.74, 6) is -0.458. The number of fused-ring (bicyclic) bond motifs is 1. The number of amides is 1. The first-order valence-electron chi connectivity index (χ1n) is 13.1. The normalized spacial score (nSPS) is 23.0. The minimum absolute atomic E-state index is 0.0624. The van der Waals surface area contributed by atoms with E-state index in [4.69, 9.17) is 18.9 Å². The van der Waals surface area contributed by atoms with E-state index in [-0.39, 0.29) is 31.2 Å². The smallest absolute Gasteiger partial charge is 0.308 e. The third-order valence-electron chi connectivity index (χ3n) is 7.33. The molecule has 1 N–H and O–H groups in total. The summed E-state index contributed by atoms with van der Waals surface area (Å²) >= 11 is 0. The number of nitrogens with zero attached hydrogens (tertiary/aromatic N) is 2. The van der Waals surface area contributed by atoms with Crippen LogP contribution < -0.4 is 9.47 Å². The molecule has 1 aromatic carbocycles. The first-order chi connectivity index (χ1) is 17.5. The molecule has 0 saturated carbocycles. The number of hydrogen-bond donors (Lipinski definition) is 1. The van der Waals surface area contributed by atoms with Gasteiger partial charge in [-0.2, -0.15) is 0 Å². The molecule has 9 heteroatoms. The Morgan fingerprint density at radius 1 is 1.03 bits per heavy atom. The van der Waals surface area contributed by atoms with Crippen LogP contribution in [0.3, 0.4) is 0 Å². The van der Waals surface area contributed by atoms with Gasteiger partial charge >= 0.3 is 5.97 Å². The van der Waals surface area contributed by atoms with Crippen molar-refractivity contribution in [1.82, 2.24) is 9.80 Å². The summed E-state index contributed by atoms with van der Waals surface area (Å²) < 4.78 is 21.9. The molecule has 36 heavy (non-hydrogen) atoms. The van der Waals surface area contributed by atoms with Crippen LogP contribution in [0, 0.1) is 5.92 Å². The first kappa shape index (κ1) is 26.1. The molecule has 0 aromatic heterocycles. The fourth-order valence-corrected chi connectivity index (χ4v) is 5.38. The second-order valence-corrected chi connectivity index (χ2v) is 9.72. The molecule has 1 aromatic rings. The van der Waals surface area contributed by atoms with Gasteiger partial charge in [-0.1, -0.05) is 32.8 Å². The van der Waals surface area contributed by atoms with Gasteiger partial charge in [0.15, 0.2) is 11.5 Å². The van der Waals surface area contributed by atoms with E-state index in [2.05, 4.69) is 18.7 Å². The molecule has 1 unspecified atom stereocenters. The van der Waals surface area contributed by atoms with E-state index < -0.39 is 18.2 Å². The van der Waals surface area contributed by atoms with E-state index in [0.717, 1.165) is 44.3 Å². The highest BCUT2D eigenvalue weighted by Gasteiger charge is 2.47. The Labute approximate surface area is 212 Å². The molecule has 3 atom stereocenters. The maximum Gasteiger partial charge on any atom is 0.308 e. The van der Waals surface area contributed by atoms with Crippen molar-refractivity contribution >= 4 is 11.9 Å². The maximum absolute atomic E-state index is 13.4. The van der Waals surface area contributed by atoms with Crippen molar-refractivity contribution in [1.29, 1.82) is 0 Å². The van der Waals surface area contributed by atoms with Crippen molar-refractivity contribution in [3.8, 4) is 11.5 Å². The number of ether oxygens (including phenoxy) is 4. The van der Waals surface area contributed by atoms with Crippen LogP contribution in [-0.2, 0) is 19.1 Å². The maximum atomic E-state index is 13.4. The van der Waals surface area contributed by atoms with Gasteiger partial charge in [-0.25, -0.2) is 0 Å². The Morgan fingerprint density at radius 2 is 1.72 bits per heavy atom. The van der Waals surface area contributed by atoms with Crippen molar-refractivity contribution < 1.29 is 33.6 Å². The lowest BCUT2D eigenvalue weighted by Gasteiger charge is -2.30. The Bertz CT molecular complexity index is 921. The number of carboxylic acid groups (broad SMARTS) is 1.